The fourth-order valence-electron chi connectivity index (χ4n) is 2.87. The highest BCUT2D eigenvalue weighted by atomic mass is 16.5. The van der Waals surface area contributed by atoms with Gasteiger partial charge < -0.3 is 15.2 Å². The van der Waals surface area contributed by atoms with Crippen LogP contribution in [0.3, 0.4) is 0 Å². The van der Waals surface area contributed by atoms with Crippen molar-refractivity contribution in [3.8, 4) is 22.6 Å². The SMILES string of the molecule is COc1cc(-c2ccccc2CN)c(OC)c2ccccc12. The van der Waals surface area contributed by atoms with Crippen LogP contribution in [0, 0.1) is 0 Å². The van der Waals surface area contributed by atoms with E-state index in [0.29, 0.717) is 6.54 Å². The van der Waals surface area contributed by atoms with Gasteiger partial charge in [-0.1, -0.05) is 48.5 Å². The van der Waals surface area contributed by atoms with Gasteiger partial charge in [-0.25, -0.2) is 0 Å². The van der Waals surface area contributed by atoms with Crippen LogP contribution in [0.5, 0.6) is 11.5 Å². The van der Waals surface area contributed by atoms with Crippen molar-refractivity contribution in [2.24, 2.45) is 5.73 Å². The topological polar surface area (TPSA) is 44.5 Å². The third kappa shape index (κ3) is 2.30. The lowest BCUT2D eigenvalue weighted by Crippen LogP contribution is -2.00. The zero-order valence-corrected chi connectivity index (χ0v) is 12.8. The van der Waals surface area contributed by atoms with Crippen LogP contribution in [0.1, 0.15) is 5.56 Å². The molecule has 0 spiro atoms. The average molecular weight is 293 g/mol. The molecule has 0 amide bonds. The number of ether oxygens (including phenoxy) is 2. The van der Waals surface area contributed by atoms with Gasteiger partial charge in [0.1, 0.15) is 11.5 Å². The van der Waals surface area contributed by atoms with Crippen molar-refractivity contribution in [2.45, 2.75) is 6.54 Å². The molecule has 0 atom stereocenters. The number of nitrogens with two attached hydrogens (primary N) is 1. The van der Waals surface area contributed by atoms with Gasteiger partial charge in [-0.3, -0.25) is 0 Å². The molecule has 0 saturated carbocycles. The first-order valence-electron chi connectivity index (χ1n) is 7.22. The molecule has 112 valence electrons. The van der Waals surface area contributed by atoms with Crippen molar-refractivity contribution < 1.29 is 9.47 Å². The number of benzene rings is 3. The summed E-state index contributed by atoms with van der Waals surface area (Å²) in [6.45, 7) is 0.481. The molecule has 0 unspecified atom stereocenters. The van der Waals surface area contributed by atoms with Crippen molar-refractivity contribution in [1.29, 1.82) is 0 Å². The molecule has 0 heterocycles. The molecular formula is C19H19NO2. The van der Waals surface area contributed by atoms with E-state index in [0.717, 1.165) is 39.0 Å². The Morgan fingerprint density at radius 2 is 1.50 bits per heavy atom. The molecule has 0 radical (unpaired) electrons. The van der Waals surface area contributed by atoms with E-state index in [4.69, 9.17) is 15.2 Å². The zero-order chi connectivity index (χ0) is 15.5. The van der Waals surface area contributed by atoms with Gasteiger partial charge in [0.25, 0.3) is 0 Å². The molecule has 3 rings (SSSR count). The summed E-state index contributed by atoms with van der Waals surface area (Å²) < 4.78 is 11.3. The van der Waals surface area contributed by atoms with E-state index < -0.39 is 0 Å². The Morgan fingerprint density at radius 1 is 0.818 bits per heavy atom. The Bertz CT molecular complexity index is 812. The van der Waals surface area contributed by atoms with Crippen LogP contribution in [0.2, 0.25) is 0 Å². The van der Waals surface area contributed by atoms with E-state index >= 15 is 0 Å². The highest BCUT2D eigenvalue weighted by Gasteiger charge is 2.16. The van der Waals surface area contributed by atoms with Crippen LogP contribution in [-0.2, 0) is 6.54 Å². The third-order valence-electron chi connectivity index (χ3n) is 3.91. The summed E-state index contributed by atoms with van der Waals surface area (Å²) in [5.74, 6) is 1.68. The molecule has 0 aliphatic carbocycles. The molecule has 0 saturated heterocycles. The standard InChI is InChI=1S/C19H19NO2/c1-21-18-11-17(14-8-4-3-7-13(14)12-20)19(22-2)16-10-6-5-9-15(16)18/h3-11H,12,20H2,1-2H3. The highest BCUT2D eigenvalue weighted by Crippen LogP contribution is 2.42. The van der Waals surface area contributed by atoms with Crippen LogP contribution in [0.4, 0.5) is 0 Å². The Labute approximate surface area is 130 Å². The summed E-state index contributed by atoms with van der Waals surface area (Å²) in [6, 6.07) is 18.2. The monoisotopic (exact) mass is 293 g/mol. The Kier molecular flexibility index (Phi) is 3.98. The van der Waals surface area contributed by atoms with E-state index in [2.05, 4.69) is 6.07 Å². The van der Waals surface area contributed by atoms with Gasteiger partial charge in [-0.05, 0) is 17.2 Å². The van der Waals surface area contributed by atoms with Gasteiger partial charge in [0, 0.05) is 22.9 Å². The van der Waals surface area contributed by atoms with Crippen molar-refractivity contribution >= 4 is 10.8 Å². The molecule has 0 bridgehead atoms. The van der Waals surface area contributed by atoms with Crippen LogP contribution >= 0.6 is 0 Å². The predicted octanol–water partition coefficient (Wildman–Crippen LogP) is 3.98. The molecular weight excluding hydrogens is 274 g/mol. The third-order valence-corrected chi connectivity index (χ3v) is 3.91. The maximum Gasteiger partial charge on any atom is 0.134 e. The molecule has 0 aliphatic heterocycles. The van der Waals surface area contributed by atoms with Crippen LogP contribution in [-0.4, -0.2) is 14.2 Å². The summed E-state index contributed by atoms with van der Waals surface area (Å²) in [6.07, 6.45) is 0. The second kappa shape index (κ2) is 6.08. The molecule has 3 heteroatoms. The smallest absolute Gasteiger partial charge is 0.134 e. The summed E-state index contributed by atoms with van der Waals surface area (Å²) in [4.78, 5) is 0. The summed E-state index contributed by atoms with van der Waals surface area (Å²) in [5.41, 5.74) is 9.05. The van der Waals surface area contributed by atoms with Crippen molar-refractivity contribution in [3.05, 3.63) is 60.2 Å². The van der Waals surface area contributed by atoms with Gasteiger partial charge in [-0.2, -0.15) is 0 Å². The Hall–Kier alpha value is -2.52. The Balaban J connectivity index is 2.38. The van der Waals surface area contributed by atoms with Crippen molar-refractivity contribution in [1.82, 2.24) is 0 Å². The van der Waals surface area contributed by atoms with Crippen LogP contribution in [0.15, 0.2) is 54.6 Å². The lowest BCUT2D eigenvalue weighted by molar-refractivity contribution is 0.412. The zero-order valence-electron chi connectivity index (χ0n) is 12.8. The fraction of sp³-hybridized carbons (Fsp3) is 0.158. The van der Waals surface area contributed by atoms with Gasteiger partial charge in [-0.15, -0.1) is 0 Å². The van der Waals surface area contributed by atoms with E-state index in [1.54, 1.807) is 14.2 Å². The van der Waals surface area contributed by atoms with E-state index in [1.807, 2.05) is 48.5 Å². The molecule has 2 N–H and O–H groups in total. The quantitative estimate of drug-likeness (QED) is 0.791. The molecule has 3 aromatic rings. The molecule has 3 aromatic carbocycles. The normalized spacial score (nSPS) is 10.7. The lowest BCUT2D eigenvalue weighted by Gasteiger charge is -2.17. The van der Waals surface area contributed by atoms with Gasteiger partial charge in [0.2, 0.25) is 0 Å². The molecule has 22 heavy (non-hydrogen) atoms. The molecule has 0 aliphatic rings. The minimum absolute atomic E-state index is 0.481. The summed E-state index contributed by atoms with van der Waals surface area (Å²) in [7, 11) is 3.38. The predicted molar refractivity (Wildman–Crippen MR) is 90.4 cm³/mol. The first kappa shape index (κ1) is 14.4. The van der Waals surface area contributed by atoms with E-state index in [9.17, 15) is 0 Å². The van der Waals surface area contributed by atoms with Crippen LogP contribution in [0.25, 0.3) is 21.9 Å². The van der Waals surface area contributed by atoms with Gasteiger partial charge in [0.15, 0.2) is 0 Å². The average Bonchev–Trinajstić information content (AvgIpc) is 2.60. The number of methoxy groups -OCH3 is 2. The largest absolute Gasteiger partial charge is 0.496 e. The summed E-state index contributed by atoms with van der Waals surface area (Å²) >= 11 is 0. The molecule has 3 nitrogen and oxygen atoms in total. The maximum absolute atomic E-state index is 5.89. The molecule has 0 fully saturated rings. The van der Waals surface area contributed by atoms with Crippen molar-refractivity contribution in [3.63, 3.8) is 0 Å². The summed E-state index contributed by atoms with van der Waals surface area (Å²) in [5, 5.41) is 2.07. The minimum atomic E-state index is 0.481. The number of fused-ring (bicyclic) bond motifs is 1. The van der Waals surface area contributed by atoms with Crippen molar-refractivity contribution in [2.75, 3.05) is 14.2 Å². The highest BCUT2D eigenvalue weighted by molar-refractivity contribution is 5.99. The number of hydrogen-bond acceptors (Lipinski definition) is 3. The second-order valence-electron chi connectivity index (χ2n) is 5.07. The van der Waals surface area contributed by atoms with E-state index in [1.165, 1.54) is 0 Å². The van der Waals surface area contributed by atoms with Gasteiger partial charge >= 0.3 is 0 Å². The van der Waals surface area contributed by atoms with E-state index in [-0.39, 0.29) is 0 Å². The number of rotatable bonds is 4. The molecule has 0 aromatic heterocycles. The van der Waals surface area contributed by atoms with Crippen LogP contribution < -0.4 is 15.2 Å². The lowest BCUT2D eigenvalue weighted by atomic mass is 9.95. The minimum Gasteiger partial charge on any atom is -0.496 e. The van der Waals surface area contributed by atoms with Gasteiger partial charge in [0.05, 0.1) is 14.2 Å². The first-order valence-corrected chi connectivity index (χ1v) is 7.22. The maximum atomic E-state index is 5.89. The second-order valence-corrected chi connectivity index (χ2v) is 5.07. The number of hydrogen-bond donors (Lipinski definition) is 1. The fourth-order valence-corrected chi connectivity index (χ4v) is 2.87. The Morgan fingerprint density at radius 3 is 2.18 bits per heavy atom. The first-order chi connectivity index (χ1) is 10.8.